The van der Waals surface area contributed by atoms with Crippen LogP contribution < -0.4 is 5.06 Å². The fraction of sp³-hybridized carbons (Fsp3) is 0.300. The number of rotatable bonds is 4. The minimum absolute atomic E-state index is 0.131. The van der Waals surface area contributed by atoms with Crippen LogP contribution >= 0.6 is 0 Å². The van der Waals surface area contributed by atoms with Crippen LogP contribution in [0.5, 0.6) is 0 Å². The zero-order chi connectivity index (χ0) is 11.5. The number of hydroxylamine groups is 1. The van der Waals surface area contributed by atoms with E-state index in [1.807, 2.05) is 0 Å². The average molecular weight is 211 g/mol. The lowest BCUT2D eigenvalue weighted by molar-refractivity contribution is -0.166. The van der Waals surface area contributed by atoms with Gasteiger partial charge in [0.2, 0.25) is 0 Å². The van der Waals surface area contributed by atoms with Crippen LogP contribution in [0.1, 0.15) is 13.3 Å². The summed E-state index contributed by atoms with van der Waals surface area (Å²) >= 11 is 0. The van der Waals surface area contributed by atoms with Gasteiger partial charge in [-0.15, -0.1) is 0 Å². The van der Waals surface area contributed by atoms with Crippen molar-refractivity contribution in [2.45, 2.75) is 19.1 Å². The van der Waals surface area contributed by atoms with E-state index < -0.39 is 11.7 Å². The summed E-state index contributed by atoms with van der Waals surface area (Å²) in [4.78, 5) is 10.8. The molecule has 0 aromatic heterocycles. The normalized spacial score (nSPS) is 14.3. The molecular formula is C10H13NO4. The van der Waals surface area contributed by atoms with E-state index in [0.29, 0.717) is 5.06 Å². The SMILES string of the molecule is CCC(O)(C(=O)O)N(O)c1ccccc1. The Morgan fingerprint density at radius 2 is 1.93 bits per heavy atom. The predicted molar refractivity (Wildman–Crippen MR) is 53.6 cm³/mol. The number of hydrogen-bond donors (Lipinski definition) is 3. The number of para-hydroxylation sites is 1. The third kappa shape index (κ3) is 2.08. The summed E-state index contributed by atoms with van der Waals surface area (Å²) in [6.45, 7) is 1.47. The molecule has 15 heavy (non-hydrogen) atoms. The molecule has 1 aromatic rings. The van der Waals surface area contributed by atoms with Crippen LogP contribution in [-0.2, 0) is 4.79 Å². The van der Waals surface area contributed by atoms with Gasteiger partial charge in [0.1, 0.15) is 0 Å². The zero-order valence-corrected chi connectivity index (χ0v) is 8.29. The number of benzene rings is 1. The minimum Gasteiger partial charge on any atom is -0.478 e. The number of carbonyl (C=O) groups is 1. The number of hydrogen-bond acceptors (Lipinski definition) is 4. The lowest BCUT2D eigenvalue weighted by Crippen LogP contribution is -2.53. The van der Waals surface area contributed by atoms with Crippen LogP contribution in [0, 0.1) is 0 Å². The van der Waals surface area contributed by atoms with Gasteiger partial charge in [0, 0.05) is 6.42 Å². The van der Waals surface area contributed by atoms with Crippen molar-refractivity contribution < 1.29 is 20.2 Å². The van der Waals surface area contributed by atoms with Crippen molar-refractivity contribution in [2.75, 3.05) is 5.06 Å². The van der Waals surface area contributed by atoms with E-state index in [0.717, 1.165) is 0 Å². The van der Waals surface area contributed by atoms with E-state index >= 15 is 0 Å². The van der Waals surface area contributed by atoms with Crippen molar-refractivity contribution in [1.29, 1.82) is 0 Å². The Morgan fingerprint density at radius 3 is 2.33 bits per heavy atom. The summed E-state index contributed by atoms with van der Waals surface area (Å²) in [6, 6.07) is 8.00. The van der Waals surface area contributed by atoms with Crippen molar-refractivity contribution in [3.05, 3.63) is 30.3 Å². The highest BCUT2D eigenvalue weighted by atomic mass is 16.6. The highest BCUT2D eigenvalue weighted by molar-refractivity contribution is 5.80. The first kappa shape index (κ1) is 11.5. The van der Waals surface area contributed by atoms with Gasteiger partial charge in [0.05, 0.1) is 5.69 Å². The van der Waals surface area contributed by atoms with Crippen molar-refractivity contribution in [1.82, 2.24) is 0 Å². The predicted octanol–water partition coefficient (Wildman–Crippen LogP) is 1.07. The lowest BCUT2D eigenvalue weighted by atomic mass is 10.1. The van der Waals surface area contributed by atoms with Crippen molar-refractivity contribution >= 4 is 11.7 Å². The molecule has 0 aliphatic heterocycles. The third-order valence-corrected chi connectivity index (χ3v) is 2.19. The van der Waals surface area contributed by atoms with E-state index in [-0.39, 0.29) is 12.1 Å². The highest BCUT2D eigenvalue weighted by Crippen LogP contribution is 2.22. The number of aliphatic hydroxyl groups is 1. The van der Waals surface area contributed by atoms with Crippen molar-refractivity contribution in [3.8, 4) is 0 Å². The van der Waals surface area contributed by atoms with Crippen molar-refractivity contribution in [2.24, 2.45) is 0 Å². The second-order valence-corrected chi connectivity index (χ2v) is 3.12. The van der Waals surface area contributed by atoms with E-state index in [9.17, 15) is 15.1 Å². The molecule has 0 fully saturated rings. The fourth-order valence-electron chi connectivity index (χ4n) is 1.17. The van der Waals surface area contributed by atoms with Crippen molar-refractivity contribution in [3.63, 3.8) is 0 Å². The Balaban J connectivity index is 3.02. The fourth-order valence-corrected chi connectivity index (χ4v) is 1.17. The smallest absolute Gasteiger partial charge is 0.359 e. The molecule has 0 heterocycles. The molecule has 0 bridgehead atoms. The van der Waals surface area contributed by atoms with Gasteiger partial charge in [-0.05, 0) is 12.1 Å². The van der Waals surface area contributed by atoms with Gasteiger partial charge in [-0.1, -0.05) is 25.1 Å². The lowest BCUT2D eigenvalue weighted by Gasteiger charge is -2.31. The first-order valence-corrected chi connectivity index (χ1v) is 4.52. The van der Waals surface area contributed by atoms with Crippen LogP contribution in [-0.4, -0.2) is 27.1 Å². The summed E-state index contributed by atoms with van der Waals surface area (Å²) in [5.41, 5.74) is -2.06. The number of aliphatic carboxylic acids is 1. The molecule has 0 aliphatic rings. The van der Waals surface area contributed by atoms with E-state index in [1.165, 1.54) is 19.1 Å². The Labute approximate surface area is 87.1 Å². The van der Waals surface area contributed by atoms with E-state index in [4.69, 9.17) is 5.11 Å². The second kappa shape index (κ2) is 4.29. The van der Waals surface area contributed by atoms with Gasteiger partial charge in [0.25, 0.3) is 5.72 Å². The molecule has 0 saturated carbocycles. The Bertz CT molecular complexity index is 341. The molecule has 5 heteroatoms. The van der Waals surface area contributed by atoms with E-state index in [2.05, 4.69) is 0 Å². The standard InChI is InChI=1S/C10H13NO4/c1-2-10(14,9(12)13)11(15)8-6-4-3-5-7-8/h3-7,14-15H,2H2,1H3,(H,12,13). The Kier molecular flexibility index (Phi) is 3.28. The Hall–Kier alpha value is -1.59. The first-order chi connectivity index (χ1) is 7.02. The summed E-state index contributed by atoms with van der Waals surface area (Å²) in [5, 5.41) is 28.5. The van der Waals surface area contributed by atoms with E-state index in [1.54, 1.807) is 18.2 Å². The average Bonchev–Trinajstić information content (AvgIpc) is 2.28. The van der Waals surface area contributed by atoms with Crippen LogP contribution in [0.4, 0.5) is 5.69 Å². The van der Waals surface area contributed by atoms with Gasteiger partial charge in [-0.3, -0.25) is 5.21 Å². The number of carboxylic acids is 1. The van der Waals surface area contributed by atoms with Gasteiger partial charge in [-0.25, -0.2) is 9.86 Å². The van der Waals surface area contributed by atoms with Crippen LogP contribution in [0.2, 0.25) is 0 Å². The molecule has 82 valence electrons. The number of carboxylic acid groups (broad SMARTS) is 1. The summed E-state index contributed by atoms with van der Waals surface area (Å²) in [5.74, 6) is -1.49. The van der Waals surface area contributed by atoms with Gasteiger partial charge in [0.15, 0.2) is 0 Å². The molecular weight excluding hydrogens is 198 g/mol. The molecule has 0 spiro atoms. The topological polar surface area (TPSA) is 81.0 Å². The maximum atomic E-state index is 10.8. The van der Waals surface area contributed by atoms with Gasteiger partial charge in [-0.2, -0.15) is 0 Å². The molecule has 0 saturated heterocycles. The number of anilines is 1. The maximum Gasteiger partial charge on any atom is 0.359 e. The number of nitrogens with zero attached hydrogens (tertiary/aromatic N) is 1. The molecule has 1 atom stereocenters. The summed E-state index contributed by atoms with van der Waals surface area (Å²) in [6.07, 6.45) is -0.131. The van der Waals surface area contributed by atoms with Crippen LogP contribution in [0.15, 0.2) is 30.3 Å². The summed E-state index contributed by atoms with van der Waals surface area (Å²) in [7, 11) is 0. The van der Waals surface area contributed by atoms with Crippen LogP contribution in [0.25, 0.3) is 0 Å². The molecule has 0 aliphatic carbocycles. The minimum atomic E-state index is -2.29. The third-order valence-electron chi connectivity index (χ3n) is 2.19. The molecule has 1 aromatic carbocycles. The van der Waals surface area contributed by atoms with Crippen LogP contribution in [0.3, 0.4) is 0 Å². The molecule has 5 nitrogen and oxygen atoms in total. The molecule has 1 rings (SSSR count). The van der Waals surface area contributed by atoms with Gasteiger partial charge < -0.3 is 10.2 Å². The molecule has 0 amide bonds. The highest BCUT2D eigenvalue weighted by Gasteiger charge is 2.40. The second-order valence-electron chi connectivity index (χ2n) is 3.12. The Morgan fingerprint density at radius 1 is 1.40 bits per heavy atom. The monoisotopic (exact) mass is 211 g/mol. The maximum absolute atomic E-state index is 10.8. The van der Waals surface area contributed by atoms with Gasteiger partial charge >= 0.3 is 5.97 Å². The molecule has 1 unspecified atom stereocenters. The zero-order valence-electron chi connectivity index (χ0n) is 8.29. The largest absolute Gasteiger partial charge is 0.478 e. The molecule has 3 N–H and O–H groups in total. The summed E-state index contributed by atoms with van der Waals surface area (Å²) < 4.78 is 0. The quantitative estimate of drug-likeness (QED) is 0.512. The first-order valence-electron chi connectivity index (χ1n) is 4.52. The molecule has 0 radical (unpaired) electrons.